The van der Waals surface area contributed by atoms with Gasteiger partial charge < -0.3 is 14.4 Å². The van der Waals surface area contributed by atoms with Crippen LogP contribution >= 0.6 is 11.6 Å². The van der Waals surface area contributed by atoms with Gasteiger partial charge in [0.2, 0.25) is 0 Å². The second-order valence-electron chi connectivity index (χ2n) is 7.14. The van der Waals surface area contributed by atoms with Crippen LogP contribution in [-0.4, -0.2) is 38.0 Å². The third-order valence-corrected chi connectivity index (χ3v) is 5.43. The summed E-state index contributed by atoms with van der Waals surface area (Å²) in [6, 6.07) is 12.1. The van der Waals surface area contributed by atoms with Gasteiger partial charge in [-0.05, 0) is 55.2 Å². The summed E-state index contributed by atoms with van der Waals surface area (Å²) in [5.74, 6) is 0. The van der Waals surface area contributed by atoms with E-state index in [-0.39, 0.29) is 0 Å². The van der Waals surface area contributed by atoms with Crippen LogP contribution in [0.25, 0.3) is 0 Å². The van der Waals surface area contributed by atoms with Crippen LogP contribution in [0, 0.1) is 13.8 Å². The van der Waals surface area contributed by atoms with E-state index >= 15 is 0 Å². The maximum absolute atomic E-state index is 6.35. The maximum Gasteiger partial charge on any atom is 0.140 e. The Morgan fingerprint density at radius 3 is 2.59 bits per heavy atom. The monoisotopic (exact) mass is 386 g/mol. The highest BCUT2D eigenvalue weighted by atomic mass is 35.5. The van der Waals surface area contributed by atoms with Crippen molar-refractivity contribution in [3.05, 3.63) is 63.7 Å². The second kappa shape index (κ2) is 8.42. The first-order valence-electron chi connectivity index (χ1n) is 9.26. The van der Waals surface area contributed by atoms with E-state index in [4.69, 9.17) is 21.1 Å². The Balaban J connectivity index is 1.83. The van der Waals surface area contributed by atoms with Gasteiger partial charge in [0.15, 0.2) is 0 Å². The molecule has 27 heavy (non-hydrogen) atoms. The van der Waals surface area contributed by atoms with E-state index in [1.807, 2.05) is 37.7 Å². The Bertz CT molecular complexity index is 831. The quantitative estimate of drug-likeness (QED) is 0.495. The number of benzene rings is 2. The molecular formula is C22H27ClN2O2. The van der Waals surface area contributed by atoms with Gasteiger partial charge in [0.05, 0.1) is 31.8 Å². The van der Waals surface area contributed by atoms with Gasteiger partial charge in [-0.15, -0.1) is 0 Å². The van der Waals surface area contributed by atoms with Crippen molar-refractivity contribution in [2.24, 2.45) is 4.99 Å². The molecule has 5 heteroatoms. The summed E-state index contributed by atoms with van der Waals surface area (Å²) in [7, 11) is 2.02. The lowest BCUT2D eigenvalue weighted by atomic mass is 9.86. The highest BCUT2D eigenvalue weighted by molar-refractivity contribution is 6.31. The number of hydrogen-bond donors (Lipinski definition) is 0. The molecule has 0 radical (unpaired) electrons. The van der Waals surface area contributed by atoms with E-state index in [0.717, 1.165) is 33.9 Å². The molecule has 0 saturated carbocycles. The number of aryl methyl sites for hydroxylation is 2. The first-order valence-corrected chi connectivity index (χ1v) is 9.64. The number of hydrogen-bond acceptors (Lipinski definition) is 3. The minimum Gasteiger partial charge on any atom is -0.375 e. The van der Waals surface area contributed by atoms with E-state index in [1.165, 1.54) is 5.56 Å². The van der Waals surface area contributed by atoms with Crippen molar-refractivity contribution in [1.29, 1.82) is 0 Å². The Hall–Kier alpha value is -1.88. The zero-order valence-electron chi connectivity index (χ0n) is 16.5. The molecule has 0 bridgehead atoms. The molecule has 0 aliphatic carbocycles. The third-order valence-electron chi connectivity index (χ3n) is 5.06. The largest absolute Gasteiger partial charge is 0.375 e. The Morgan fingerprint density at radius 1 is 1.22 bits per heavy atom. The summed E-state index contributed by atoms with van der Waals surface area (Å²) in [5, 5.41) is 0.727. The zero-order valence-corrected chi connectivity index (χ0v) is 17.2. The predicted octanol–water partition coefficient (Wildman–Crippen LogP) is 5.01. The molecule has 0 spiro atoms. The number of nitrogens with zero attached hydrogens (tertiary/aromatic N) is 2. The average molecular weight is 387 g/mol. The van der Waals surface area contributed by atoms with Gasteiger partial charge in [-0.2, -0.15) is 0 Å². The Labute approximate surface area is 166 Å². The normalized spacial score (nSPS) is 15.7. The highest BCUT2D eigenvalue weighted by Gasteiger charge is 2.43. The van der Waals surface area contributed by atoms with Crippen LogP contribution in [0.15, 0.2) is 41.4 Å². The number of aliphatic imine (C=N–C) groups is 1. The van der Waals surface area contributed by atoms with Crippen molar-refractivity contribution < 1.29 is 9.47 Å². The van der Waals surface area contributed by atoms with E-state index in [2.05, 4.69) is 42.8 Å². The third kappa shape index (κ3) is 4.34. The van der Waals surface area contributed by atoms with Crippen molar-refractivity contribution in [2.75, 3.05) is 26.8 Å². The predicted molar refractivity (Wildman–Crippen MR) is 111 cm³/mol. The molecule has 0 unspecified atom stereocenters. The molecule has 2 aromatic carbocycles. The summed E-state index contributed by atoms with van der Waals surface area (Å²) in [5.41, 5.74) is 5.01. The molecule has 4 nitrogen and oxygen atoms in total. The summed E-state index contributed by atoms with van der Waals surface area (Å²) < 4.78 is 11.9. The summed E-state index contributed by atoms with van der Waals surface area (Å²) in [6.45, 7) is 8.79. The summed E-state index contributed by atoms with van der Waals surface area (Å²) >= 11 is 6.28. The zero-order chi connectivity index (χ0) is 19.4. The van der Waals surface area contributed by atoms with Crippen molar-refractivity contribution in [2.45, 2.75) is 33.0 Å². The van der Waals surface area contributed by atoms with Gasteiger partial charge in [-0.25, -0.2) is 4.99 Å². The van der Waals surface area contributed by atoms with Crippen molar-refractivity contribution in [3.63, 3.8) is 0 Å². The van der Waals surface area contributed by atoms with Gasteiger partial charge >= 0.3 is 0 Å². The van der Waals surface area contributed by atoms with Crippen molar-refractivity contribution in [1.82, 2.24) is 4.90 Å². The van der Waals surface area contributed by atoms with Gasteiger partial charge in [-0.3, -0.25) is 0 Å². The number of ether oxygens (including phenoxy) is 2. The van der Waals surface area contributed by atoms with Crippen molar-refractivity contribution in [3.8, 4) is 0 Å². The number of halogens is 1. The molecule has 1 fully saturated rings. The highest BCUT2D eigenvalue weighted by Crippen LogP contribution is 2.39. The topological polar surface area (TPSA) is 34.1 Å². The Morgan fingerprint density at radius 2 is 1.96 bits per heavy atom. The fourth-order valence-electron chi connectivity index (χ4n) is 3.11. The van der Waals surface area contributed by atoms with E-state index in [0.29, 0.717) is 19.8 Å². The molecule has 2 aromatic rings. The molecule has 0 N–H and O–H groups in total. The molecule has 3 rings (SSSR count). The maximum atomic E-state index is 6.35. The molecule has 1 heterocycles. The van der Waals surface area contributed by atoms with Crippen molar-refractivity contribution >= 4 is 23.6 Å². The number of rotatable bonds is 7. The fourth-order valence-corrected chi connectivity index (χ4v) is 3.30. The molecule has 0 aromatic heterocycles. The van der Waals surface area contributed by atoms with E-state index in [9.17, 15) is 0 Å². The summed E-state index contributed by atoms with van der Waals surface area (Å²) in [6.07, 6.45) is 1.87. The van der Waals surface area contributed by atoms with Crippen LogP contribution in [0.4, 0.5) is 5.69 Å². The Kier molecular flexibility index (Phi) is 6.20. The van der Waals surface area contributed by atoms with Crippen LogP contribution < -0.4 is 0 Å². The molecule has 1 saturated heterocycles. The average Bonchev–Trinajstić information content (AvgIpc) is 2.63. The molecular weight excluding hydrogens is 360 g/mol. The second-order valence-corrected chi connectivity index (χ2v) is 7.55. The smallest absolute Gasteiger partial charge is 0.140 e. The van der Waals surface area contributed by atoms with Crippen LogP contribution in [0.5, 0.6) is 0 Å². The molecule has 1 aliphatic rings. The lowest BCUT2D eigenvalue weighted by molar-refractivity contribution is -0.223. The van der Waals surface area contributed by atoms with Gasteiger partial charge in [-0.1, -0.05) is 35.9 Å². The van der Waals surface area contributed by atoms with Gasteiger partial charge in [0, 0.05) is 18.6 Å². The van der Waals surface area contributed by atoms with Gasteiger partial charge in [0.1, 0.15) is 5.60 Å². The fraction of sp³-hybridized carbons (Fsp3) is 0.409. The molecule has 1 aliphatic heterocycles. The molecule has 144 valence electrons. The molecule has 0 atom stereocenters. The van der Waals surface area contributed by atoms with E-state index < -0.39 is 5.60 Å². The van der Waals surface area contributed by atoms with Crippen LogP contribution in [0.2, 0.25) is 5.02 Å². The first-order chi connectivity index (χ1) is 12.9. The first kappa shape index (κ1) is 19.9. The molecule has 0 amide bonds. The van der Waals surface area contributed by atoms with Crippen LogP contribution in [0.1, 0.15) is 29.2 Å². The minimum absolute atomic E-state index is 0.420. The summed E-state index contributed by atoms with van der Waals surface area (Å²) in [4.78, 5) is 6.67. The SMILES string of the molecule is CCN(C)C=Nc1cc(C)c(C2(OCc3ccccc3Cl)COC2)cc1C. The minimum atomic E-state index is -0.420. The van der Waals surface area contributed by atoms with E-state index in [1.54, 1.807) is 0 Å². The van der Waals surface area contributed by atoms with Crippen LogP contribution in [0.3, 0.4) is 0 Å². The lowest BCUT2D eigenvalue weighted by Crippen LogP contribution is -2.49. The lowest BCUT2D eigenvalue weighted by Gasteiger charge is -2.42. The standard InChI is InChI=1S/C22H27ClN2O2/c1-5-25(4)15-24-21-11-16(2)19(10-17(21)3)22(13-26-14-22)27-12-18-8-6-7-9-20(18)23/h6-11,15H,5,12-14H2,1-4H3. The van der Waals surface area contributed by atoms with Crippen LogP contribution in [-0.2, 0) is 21.7 Å². The van der Waals surface area contributed by atoms with Gasteiger partial charge in [0.25, 0.3) is 0 Å².